The van der Waals surface area contributed by atoms with Gasteiger partial charge in [-0.05, 0) is 47.7 Å². The smallest absolute Gasteiger partial charge is 0.407 e. The minimum atomic E-state index is -0.428. The minimum absolute atomic E-state index is 0.326. The van der Waals surface area contributed by atoms with Gasteiger partial charge in [-0.25, -0.2) is 4.79 Å². The summed E-state index contributed by atoms with van der Waals surface area (Å²) in [5.74, 6) is 0. The van der Waals surface area contributed by atoms with Gasteiger partial charge in [0.05, 0.1) is 0 Å². The van der Waals surface area contributed by atoms with Gasteiger partial charge in [0.2, 0.25) is 0 Å². The van der Waals surface area contributed by atoms with E-state index in [1.165, 1.54) is 0 Å². The van der Waals surface area contributed by atoms with Gasteiger partial charge >= 0.3 is 6.09 Å². The van der Waals surface area contributed by atoms with Crippen molar-refractivity contribution < 1.29 is 9.53 Å². The molecule has 0 heterocycles. The maximum Gasteiger partial charge on any atom is 0.407 e. The SMILES string of the molecule is CCCN(C)C(C)CNC(=O)OC(C)(C)C. The van der Waals surface area contributed by atoms with Crippen LogP contribution in [0.4, 0.5) is 4.79 Å². The normalized spacial score (nSPS) is 13.7. The van der Waals surface area contributed by atoms with Gasteiger partial charge in [-0.1, -0.05) is 6.92 Å². The molecule has 1 unspecified atom stereocenters. The molecule has 1 atom stereocenters. The van der Waals surface area contributed by atoms with E-state index in [2.05, 4.69) is 31.1 Å². The van der Waals surface area contributed by atoms with Crippen molar-refractivity contribution >= 4 is 6.09 Å². The Bertz CT molecular complexity index is 212. The summed E-state index contributed by atoms with van der Waals surface area (Å²) in [5, 5.41) is 2.78. The third-order valence-electron chi connectivity index (χ3n) is 2.27. The van der Waals surface area contributed by atoms with Crippen LogP contribution >= 0.6 is 0 Å². The van der Waals surface area contributed by atoms with Crippen molar-refractivity contribution in [2.24, 2.45) is 0 Å². The lowest BCUT2D eigenvalue weighted by Crippen LogP contribution is -2.42. The van der Waals surface area contributed by atoms with Crippen LogP contribution in [-0.2, 0) is 4.74 Å². The molecule has 0 saturated carbocycles. The number of ether oxygens (including phenoxy) is 1. The number of nitrogens with zero attached hydrogens (tertiary/aromatic N) is 1. The van der Waals surface area contributed by atoms with E-state index in [1.807, 2.05) is 20.8 Å². The summed E-state index contributed by atoms with van der Waals surface area (Å²) in [4.78, 5) is 13.6. The van der Waals surface area contributed by atoms with Crippen LogP contribution in [0.1, 0.15) is 41.0 Å². The van der Waals surface area contributed by atoms with E-state index in [0.717, 1.165) is 13.0 Å². The molecule has 4 heteroatoms. The number of carbonyl (C=O) groups is 1. The molecule has 16 heavy (non-hydrogen) atoms. The van der Waals surface area contributed by atoms with E-state index >= 15 is 0 Å². The third-order valence-corrected chi connectivity index (χ3v) is 2.27. The van der Waals surface area contributed by atoms with Crippen molar-refractivity contribution in [2.45, 2.75) is 52.7 Å². The summed E-state index contributed by atoms with van der Waals surface area (Å²) >= 11 is 0. The van der Waals surface area contributed by atoms with Gasteiger partial charge < -0.3 is 15.0 Å². The van der Waals surface area contributed by atoms with Gasteiger partial charge in [0.1, 0.15) is 5.60 Å². The van der Waals surface area contributed by atoms with Crippen LogP contribution in [-0.4, -0.2) is 42.8 Å². The monoisotopic (exact) mass is 230 g/mol. The number of hydrogen-bond acceptors (Lipinski definition) is 3. The fraction of sp³-hybridized carbons (Fsp3) is 0.917. The van der Waals surface area contributed by atoms with Crippen LogP contribution in [0.2, 0.25) is 0 Å². The Labute approximate surface area is 99.3 Å². The summed E-state index contributed by atoms with van der Waals surface area (Å²) < 4.78 is 5.16. The maximum atomic E-state index is 11.4. The van der Waals surface area contributed by atoms with E-state index in [9.17, 15) is 4.79 Å². The van der Waals surface area contributed by atoms with Crippen molar-refractivity contribution in [3.8, 4) is 0 Å². The molecular weight excluding hydrogens is 204 g/mol. The van der Waals surface area contributed by atoms with Crippen molar-refractivity contribution in [3.05, 3.63) is 0 Å². The maximum absolute atomic E-state index is 11.4. The highest BCUT2D eigenvalue weighted by Gasteiger charge is 2.17. The molecule has 1 amide bonds. The molecule has 0 aliphatic rings. The van der Waals surface area contributed by atoms with Crippen LogP contribution in [0.25, 0.3) is 0 Å². The Balaban J connectivity index is 3.83. The Morgan fingerprint density at radius 3 is 2.44 bits per heavy atom. The molecule has 0 aromatic rings. The van der Waals surface area contributed by atoms with Crippen LogP contribution in [0.15, 0.2) is 0 Å². The summed E-state index contributed by atoms with van der Waals surface area (Å²) in [6, 6.07) is 0.326. The Morgan fingerprint density at radius 1 is 1.44 bits per heavy atom. The van der Waals surface area contributed by atoms with Gasteiger partial charge in [-0.3, -0.25) is 0 Å². The van der Waals surface area contributed by atoms with E-state index in [4.69, 9.17) is 4.74 Å². The van der Waals surface area contributed by atoms with E-state index in [1.54, 1.807) is 0 Å². The largest absolute Gasteiger partial charge is 0.444 e. The number of amides is 1. The molecule has 4 nitrogen and oxygen atoms in total. The Morgan fingerprint density at radius 2 is 2.00 bits per heavy atom. The van der Waals surface area contributed by atoms with Crippen LogP contribution in [0.3, 0.4) is 0 Å². The first kappa shape index (κ1) is 15.2. The lowest BCUT2D eigenvalue weighted by Gasteiger charge is -2.25. The van der Waals surface area contributed by atoms with Crippen molar-refractivity contribution in [2.75, 3.05) is 20.1 Å². The van der Waals surface area contributed by atoms with Crippen LogP contribution < -0.4 is 5.32 Å². The molecule has 0 saturated heterocycles. The fourth-order valence-corrected chi connectivity index (χ4v) is 1.27. The first-order valence-electron chi connectivity index (χ1n) is 5.93. The molecular formula is C12H26N2O2. The molecule has 0 aliphatic carbocycles. The van der Waals surface area contributed by atoms with E-state index < -0.39 is 5.60 Å². The van der Waals surface area contributed by atoms with Crippen molar-refractivity contribution in [3.63, 3.8) is 0 Å². The second-order valence-electron chi connectivity index (χ2n) is 5.21. The number of rotatable bonds is 5. The van der Waals surface area contributed by atoms with Gasteiger partial charge in [0, 0.05) is 12.6 Å². The number of alkyl carbamates (subject to hydrolysis) is 1. The lowest BCUT2D eigenvalue weighted by molar-refractivity contribution is 0.0513. The molecule has 1 N–H and O–H groups in total. The quantitative estimate of drug-likeness (QED) is 0.787. The second kappa shape index (κ2) is 6.74. The molecule has 0 fully saturated rings. The highest BCUT2D eigenvalue weighted by atomic mass is 16.6. The first-order chi connectivity index (χ1) is 7.26. The van der Waals surface area contributed by atoms with Gasteiger partial charge in [0.15, 0.2) is 0 Å². The molecule has 0 spiro atoms. The number of likely N-dealkylation sites (N-methyl/N-ethyl adjacent to an activating group) is 1. The van der Waals surface area contributed by atoms with Gasteiger partial charge in [0.25, 0.3) is 0 Å². The average Bonchev–Trinajstić information content (AvgIpc) is 2.11. The zero-order valence-corrected chi connectivity index (χ0v) is 11.5. The molecule has 0 radical (unpaired) electrons. The molecule has 0 aromatic heterocycles. The average molecular weight is 230 g/mol. The van der Waals surface area contributed by atoms with E-state index in [0.29, 0.717) is 12.6 Å². The predicted molar refractivity (Wildman–Crippen MR) is 66.6 cm³/mol. The van der Waals surface area contributed by atoms with Crippen LogP contribution in [0, 0.1) is 0 Å². The summed E-state index contributed by atoms with van der Waals surface area (Å²) in [6.07, 6.45) is 0.775. The number of hydrogen-bond donors (Lipinski definition) is 1. The van der Waals surface area contributed by atoms with E-state index in [-0.39, 0.29) is 6.09 Å². The minimum Gasteiger partial charge on any atom is -0.444 e. The van der Waals surface area contributed by atoms with Gasteiger partial charge in [-0.2, -0.15) is 0 Å². The Kier molecular flexibility index (Phi) is 6.41. The highest BCUT2D eigenvalue weighted by Crippen LogP contribution is 2.06. The van der Waals surface area contributed by atoms with Crippen molar-refractivity contribution in [1.29, 1.82) is 0 Å². The van der Waals surface area contributed by atoms with Gasteiger partial charge in [-0.15, -0.1) is 0 Å². The fourth-order valence-electron chi connectivity index (χ4n) is 1.27. The number of carbonyl (C=O) groups excluding carboxylic acids is 1. The number of nitrogens with one attached hydrogen (secondary N) is 1. The third kappa shape index (κ3) is 7.51. The Hall–Kier alpha value is -0.770. The predicted octanol–water partition coefficient (Wildman–Crippen LogP) is 2.24. The molecule has 0 aromatic carbocycles. The zero-order chi connectivity index (χ0) is 12.8. The zero-order valence-electron chi connectivity index (χ0n) is 11.5. The lowest BCUT2D eigenvalue weighted by atomic mass is 10.2. The first-order valence-corrected chi connectivity index (χ1v) is 5.93. The topological polar surface area (TPSA) is 41.6 Å². The standard InChI is InChI=1S/C12H26N2O2/c1-7-8-14(6)10(2)9-13-11(15)16-12(3,4)5/h10H,7-9H2,1-6H3,(H,13,15). The molecule has 0 aliphatic heterocycles. The van der Waals surface area contributed by atoms with Crippen molar-refractivity contribution in [1.82, 2.24) is 10.2 Å². The van der Waals surface area contributed by atoms with Crippen LogP contribution in [0.5, 0.6) is 0 Å². The molecule has 0 rings (SSSR count). The highest BCUT2D eigenvalue weighted by molar-refractivity contribution is 5.67. The second-order valence-corrected chi connectivity index (χ2v) is 5.21. The molecule has 0 bridgehead atoms. The molecule has 96 valence electrons. The summed E-state index contributed by atoms with van der Waals surface area (Å²) in [5.41, 5.74) is -0.428. The summed E-state index contributed by atoms with van der Waals surface area (Å²) in [7, 11) is 2.06. The summed E-state index contributed by atoms with van der Waals surface area (Å²) in [6.45, 7) is 11.5.